The van der Waals surface area contributed by atoms with Gasteiger partial charge in [0.2, 0.25) is 5.91 Å². The van der Waals surface area contributed by atoms with Crippen LogP contribution in [0.25, 0.3) is 0 Å². The lowest BCUT2D eigenvalue weighted by Crippen LogP contribution is -2.14. The smallest absolute Gasteiger partial charge is 0.234 e. The van der Waals surface area contributed by atoms with Crippen molar-refractivity contribution < 1.29 is 4.79 Å². The Bertz CT molecular complexity index is 553. The molecule has 1 N–H and O–H groups in total. The van der Waals surface area contributed by atoms with Crippen molar-refractivity contribution in [3.05, 3.63) is 49.3 Å². The summed E-state index contributed by atoms with van der Waals surface area (Å²) >= 11 is 1.35. The molecule has 2 aromatic rings. The number of carbonyl (C=O) groups excluding carboxylic acids is 1. The zero-order valence-corrected chi connectivity index (χ0v) is 11.1. The van der Waals surface area contributed by atoms with Gasteiger partial charge in [0.05, 0.1) is 5.75 Å². The van der Waals surface area contributed by atoms with E-state index in [1.54, 1.807) is 12.4 Å². The number of hydrogen-bond donors (Lipinski definition) is 1. The van der Waals surface area contributed by atoms with Gasteiger partial charge in [-0.3, -0.25) is 4.79 Å². The first-order chi connectivity index (χ1) is 9.29. The summed E-state index contributed by atoms with van der Waals surface area (Å²) in [6, 6.07) is 9.36. The molecule has 1 heterocycles. The summed E-state index contributed by atoms with van der Waals surface area (Å²) in [6.45, 7) is 4.30. The van der Waals surface area contributed by atoms with Gasteiger partial charge in [-0.15, -0.1) is 16.8 Å². The van der Waals surface area contributed by atoms with E-state index in [4.69, 9.17) is 0 Å². The van der Waals surface area contributed by atoms with Crippen molar-refractivity contribution in [2.75, 3.05) is 11.1 Å². The predicted octanol–water partition coefficient (Wildman–Crippen LogP) is 2.19. The summed E-state index contributed by atoms with van der Waals surface area (Å²) in [5, 5.41) is 11.3. The first-order valence-corrected chi connectivity index (χ1v) is 6.74. The Morgan fingerprint density at radius 1 is 1.42 bits per heavy atom. The van der Waals surface area contributed by atoms with Gasteiger partial charge in [0.15, 0.2) is 5.16 Å². The van der Waals surface area contributed by atoms with Crippen LogP contribution >= 0.6 is 11.8 Å². The molecule has 98 valence electrons. The number of nitrogens with zero attached hydrogens (tertiary/aromatic N) is 3. The Hall–Kier alpha value is -2.08. The highest BCUT2D eigenvalue weighted by Gasteiger charge is 2.08. The van der Waals surface area contributed by atoms with E-state index in [9.17, 15) is 4.79 Å². The molecule has 0 spiro atoms. The van der Waals surface area contributed by atoms with Crippen molar-refractivity contribution in [3.8, 4) is 0 Å². The van der Waals surface area contributed by atoms with E-state index >= 15 is 0 Å². The lowest BCUT2D eigenvalue weighted by molar-refractivity contribution is -0.113. The predicted molar refractivity (Wildman–Crippen MR) is 76.0 cm³/mol. The van der Waals surface area contributed by atoms with Crippen molar-refractivity contribution in [2.45, 2.75) is 11.7 Å². The van der Waals surface area contributed by atoms with Crippen LogP contribution in [-0.4, -0.2) is 26.4 Å². The van der Waals surface area contributed by atoms with Gasteiger partial charge in [0, 0.05) is 12.2 Å². The molecule has 1 aromatic heterocycles. The first kappa shape index (κ1) is 13.4. The quantitative estimate of drug-likeness (QED) is 0.648. The van der Waals surface area contributed by atoms with Crippen molar-refractivity contribution in [3.63, 3.8) is 0 Å². The number of benzene rings is 1. The average Bonchev–Trinajstić information content (AvgIpc) is 2.85. The maximum Gasteiger partial charge on any atom is 0.234 e. The Balaban J connectivity index is 1.86. The molecule has 0 aliphatic heterocycles. The lowest BCUT2D eigenvalue weighted by Gasteiger charge is -2.05. The molecule has 2 rings (SSSR count). The molecular weight excluding hydrogens is 260 g/mol. The summed E-state index contributed by atoms with van der Waals surface area (Å²) in [5.74, 6) is 0.231. The van der Waals surface area contributed by atoms with E-state index in [0.717, 1.165) is 5.69 Å². The van der Waals surface area contributed by atoms with Gasteiger partial charge in [-0.25, -0.2) is 0 Å². The maximum absolute atomic E-state index is 11.8. The molecule has 19 heavy (non-hydrogen) atoms. The first-order valence-electron chi connectivity index (χ1n) is 5.76. The molecule has 0 aliphatic rings. The fourth-order valence-corrected chi connectivity index (χ4v) is 2.19. The molecule has 0 saturated heterocycles. The zero-order valence-electron chi connectivity index (χ0n) is 10.3. The van der Waals surface area contributed by atoms with Crippen LogP contribution in [0.15, 0.2) is 54.5 Å². The Kier molecular flexibility index (Phi) is 4.74. The molecule has 6 heteroatoms. The normalized spacial score (nSPS) is 10.1. The highest BCUT2D eigenvalue weighted by Crippen LogP contribution is 2.15. The average molecular weight is 274 g/mol. The maximum atomic E-state index is 11.8. The van der Waals surface area contributed by atoms with Crippen LogP contribution in [0, 0.1) is 0 Å². The second kappa shape index (κ2) is 6.75. The number of nitrogens with one attached hydrogen (secondary N) is 1. The summed E-state index contributed by atoms with van der Waals surface area (Å²) in [5.41, 5.74) is 0.792. The monoisotopic (exact) mass is 274 g/mol. The van der Waals surface area contributed by atoms with Crippen LogP contribution in [0.3, 0.4) is 0 Å². The van der Waals surface area contributed by atoms with Gasteiger partial charge < -0.3 is 9.88 Å². The van der Waals surface area contributed by atoms with Crippen molar-refractivity contribution in [1.82, 2.24) is 14.8 Å². The number of anilines is 1. The standard InChI is InChI=1S/C13H14N4OS/c1-2-8-17-10-14-16-13(17)19-9-12(18)15-11-6-4-3-5-7-11/h2-7,10H,1,8-9H2,(H,15,18). The highest BCUT2D eigenvalue weighted by molar-refractivity contribution is 7.99. The number of thioether (sulfide) groups is 1. The van der Waals surface area contributed by atoms with Crippen LogP contribution in [0.5, 0.6) is 0 Å². The molecule has 0 aliphatic carbocycles. The number of aromatic nitrogens is 3. The van der Waals surface area contributed by atoms with E-state index in [1.165, 1.54) is 11.8 Å². The third kappa shape index (κ3) is 3.96. The van der Waals surface area contributed by atoms with Crippen LogP contribution in [0.4, 0.5) is 5.69 Å². The number of hydrogen-bond acceptors (Lipinski definition) is 4. The number of allylic oxidation sites excluding steroid dienone is 1. The fraction of sp³-hybridized carbons (Fsp3) is 0.154. The minimum Gasteiger partial charge on any atom is -0.325 e. The van der Waals surface area contributed by atoms with Crippen LogP contribution < -0.4 is 5.32 Å². The number of para-hydroxylation sites is 1. The van der Waals surface area contributed by atoms with Crippen molar-refractivity contribution in [2.24, 2.45) is 0 Å². The lowest BCUT2D eigenvalue weighted by atomic mass is 10.3. The van der Waals surface area contributed by atoms with Crippen molar-refractivity contribution >= 4 is 23.4 Å². The highest BCUT2D eigenvalue weighted by atomic mass is 32.2. The molecule has 1 aromatic carbocycles. The van der Waals surface area contributed by atoms with E-state index in [2.05, 4.69) is 22.1 Å². The second-order valence-electron chi connectivity index (χ2n) is 3.76. The van der Waals surface area contributed by atoms with Gasteiger partial charge in [0.25, 0.3) is 0 Å². The summed E-state index contributed by atoms with van der Waals surface area (Å²) < 4.78 is 1.84. The van der Waals surface area contributed by atoms with E-state index in [1.807, 2.05) is 34.9 Å². The van der Waals surface area contributed by atoms with Crippen LogP contribution in [0.2, 0.25) is 0 Å². The minimum atomic E-state index is -0.0654. The van der Waals surface area contributed by atoms with Gasteiger partial charge in [-0.2, -0.15) is 0 Å². The van der Waals surface area contributed by atoms with E-state index < -0.39 is 0 Å². The van der Waals surface area contributed by atoms with Gasteiger partial charge >= 0.3 is 0 Å². The minimum absolute atomic E-state index is 0.0654. The zero-order chi connectivity index (χ0) is 13.5. The summed E-state index contributed by atoms with van der Waals surface area (Å²) in [7, 11) is 0. The Labute approximate surface area is 115 Å². The Morgan fingerprint density at radius 2 is 2.21 bits per heavy atom. The molecule has 0 atom stereocenters. The molecule has 0 bridgehead atoms. The van der Waals surface area contributed by atoms with Crippen LogP contribution in [-0.2, 0) is 11.3 Å². The number of carbonyl (C=O) groups is 1. The fourth-order valence-electron chi connectivity index (χ4n) is 1.47. The largest absolute Gasteiger partial charge is 0.325 e. The summed E-state index contributed by atoms with van der Waals surface area (Å²) in [6.07, 6.45) is 3.39. The molecule has 0 fully saturated rings. The van der Waals surface area contributed by atoms with E-state index in [0.29, 0.717) is 17.5 Å². The molecule has 0 saturated carbocycles. The second-order valence-corrected chi connectivity index (χ2v) is 4.70. The van der Waals surface area contributed by atoms with E-state index in [-0.39, 0.29) is 5.91 Å². The number of amides is 1. The van der Waals surface area contributed by atoms with Gasteiger partial charge in [-0.05, 0) is 12.1 Å². The molecule has 1 amide bonds. The Morgan fingerprint density at radius 3 is 2.95 bits per heavy atom. The molecule has 5 nitrogen and oxygen atoms in total. The molecular formula is C13H14N4OS. The topological polar surface area (TPSA) is 59.8 Å². The van der Waals surface area contributed by atoms with Gasteiger partial charge in [-0.1, -0.05) is 36.0 Å². The third-order valence-corrected chi connectivity index (χ3v) is 3.28. The molecule has 0 radical (unpaired) electrons. The van der Waals surface area contributed by atoms with Crippen molar-refractivity contribution in [1.29, 1.82) is 0 Å². The third-order valence-electron chi connectivity index (χ3n) is 2.30. The molecule has 0 unspecified atom stereocenters. The SMILES string of the molecule is C=CCn1cnnc1SCC(=O)Nc1ccccc1. The number of rotatable bonds is 6. The van der Waals surface area contributed by atoms with Crippen LogP contribution in [0.1, 0.15) is 0 Å². The van der Waals surface area contributed by atoms with Gasteiger partial charge in [0.1, 0.15) is 6.33 Å². The summed E-state index contributed by atoms with van der Waals surface area (Å²) in [4.78, 5) is 11.8.